The molecule has 0 unspecified atom stereocenters. The highest BCUT2D eigenvalue weighted by Crippen LogP contribution is 2.60. The smallest absolute Gasteiger partial charge is 0.267 e. The number of carbonyl (C=O) groups excluding carboxylic acids is 1. The summed E-state index contributed by atoms with van der Waals surface area (Å²) in [6, 6.07) is 1.75. The van der Waals surface area contributed by atoms with Gasteiger partial charge in [-0.05, 0) is 87.5 Å². The van der Waals surface area contributed by atoms with E-state index >= 15 is 0 Å². The Hall–Kier alpha value is -1.65. The third-order valence-electron chi connectivity index (χ3n) is 7.40. The van der Waals surface area contributed by atoms with Crippen molar-refractivity contribution in [2.75, 3.05) is 6.54 Å². The highest BCUT2D eigenvalue weighted by Gasteiger charge is 2.54. The van der Waals surface area contributed by atoms with Crippen molar-refractivity contribution in [3.8, 4) is 0 Å². The first-order valence-corrected chi connectivity index (χ1v) is 10.5. The van der Waals surface area contributed by atoms with Crippen molar-refractivity contribution in [1.82, 2.24) is 15.1 Å². The van der Waals surface area contributed by atoms with E-state index in [0.717, 1.165) is 74.0 Å². The molecule has 4 saturated carbocycles. The highest BCUT2D eigenvalue weighted by atomic mass is 16.2. The van der Waals surface area contributed by atoms with E-state index in [1.807, 2.05) is 0 Å². The summed E-state index contributed by atoms with van der Waals surface area (Å²) in [6.07, 6.45) is 11.5. The molecule has 0 saturated heterocycles. The second-order valence-electron chi connectivity index (χ2n) is 9.34. The Morgan fingerprint density at radius 2 is 1.77 bits per heavy atom. The van der Waals surface area contributed by atoms with Crippen molar-refractivity contribution in [2.45, 2.75) is 70.8 Å². The Kier molecular flexibility index (Phi) is 3.94. The van der Waals surface area contributed by atoms with Crippen LogP contribution in [0.1, 0.15) is 62.6 Å². The number of aromatic nitrogens is 2. The first kappa shape index (κ1) is 16.5. The first-order valence-electron chi connectivity index (χ1n) is 10.5. The largest absolute Gasteiger partial charge is 0.354 e. The zero-order valence-corrected chi connectivity index (χ0v) is 15.5. The number of nitrogens with zero attached hydrogens (tertiary/aromatic N) is 2. The molecule has 0 aliphatic heterocycles. The lowest BCUT2D eigenvalue weighted by molar-refractivity contribution is -0.146. The molecule has 0 aromatic carbocycles. The normalized spacial score (nSPS) is 34.5. The van der Waals surface area contributed by atoms with Crippen LogP contribution in [0.2, 0.25) is 0 Å². The van der Waals surface area contributed by atoms with Gasteiger partial charge in [0.15, 0.2) is 0 Å². The second kappa shape index (κ2) is 6.21. The van der Waals surface area contributed by atoms with Crippen molar-refractivity contribution in [3.63, 3.8) is 0 Å². The van der Waals surface area contributed by atoms with E-state index in [-0.39, 0.29) is 16.9 Å². The molecule has 1 heterocycles. The summed E-state index contributed by atoms with van der Waals surface area (Å²) in [7, 11) is 0. The molecule has 1 N–H and O–H groups in total. The van der Waals surface area contributed by atoms with Crippen LogP contribution < -0.4 is 10.9 Å². The second-order valence-corrected chi connectivity index (χ2v) is 9.34. The highest BCUT2D eigenvalue weighted by molar-refractivity contribution is 5.83. The molecular formula is C21H29N3O2. The summed E-state index contributed by atoms with van der Waals surface area (Å²) in [5, 5.41) is 7.71. The van der Waals surface area contributed by atoms with Gasteiger partial charge in [0.25, 0.3) is 5.56 Å². The first-order chi connectivity index (χ1) is 12.6. The zero-order valence-electron chi connectivity index (χ0n) is 15.5. The molecule has 4 fully saturated rings. The lowest BCUT2D eigenvalue weighted by Gasteiger charge is -2.55. The maximum atomic E-state index is 13.0. The van der Waals surface area contributed by atoms with Gasteiger partial charge in [0.1, 0.15) is 0 Å². The van der Waals surface area contributed by atoms with Gasteiger partial charge in [0.05, 0.1) is 12.2 Å². The fourth-order valence-corrected chi connectivity index (χ4v) is 6.61. The van der Waals surface area contributed by atoms with Crippen molar-refractivity contribution < 1.29 is 4.79 Å². The molecule has 0 spiro atoms. The predicted molar refractivity (Wildman–Crippen MR) is 98.8 cm³/mol. The van der Waals surface area contributed by atoms with Crippen LogP contribution in [0, 0.1) is 23.2 Å². The van der Waals surface area contributed by atoms with Crippen LogP contribution in [0.3, 0.4) is 0 Å². The molecule has 140 valence electrons. The lowest BCUT2D eigenvalue weighted by Crippen LogP contribution is -2.54. The summed E-state index contributed by atoms with van der Waals surface area (Å²) < 4.78 is 1.55. The van der Waals surface area contributed by atoms with Gasteiger partial charge in [-0.3, -0.25) is 9.59 Å². The number of aryl methyl sites for hydroxylation is 2. The molecule has 1 amide bonds. The van der Waals surface area contributed by atoms with Gasteiger partial charge in [0, 0.05) is 18.0 Å². The monoisotopic (exact) mass is 355 g/mol. The fraction of sp³-hybridized carbons (Fsp3) is 0.762. The van der Waals surface area contributed by atoms with E-state index in [0.29, 0.717) is 13.1 Å². The average Bonchev–Trinajstić information content (AvgIpc) is 2.61. The van der Waals surface area contributed by atoms with Crippen LogP contribution in [0.15, 0.2) is 10.9 Å². The van der Waals surface area contributed by atoms with Gasteiger partial charge < -0.3 is 5.32 Å². The van der Waals surface area contributed by atoms with Crippen molar-refractivity contribution in [1.29, 1.82) is 0 Å². The summed E-state index contributed by atoms with van der Waals surface area (Å²) >= 11 is 0. The van der Waals surface area contributed by atoms with E-state index in [1.165, 1.54) is 19.3 Å². The minimum atomic E-state index is -0.108. The summed E-state index contributed by atoms with van der Waals surface area (Å²) in [4.78, 5) is 25.3. The van der Waals surface area contributed by atoms with Crippen LogP contribution in [0.4, 0.5) is 0 Å². The Labute approximate surface area is 154 Å². The van der Waals surface area contributed by atoms with Crippen molar-refractivity contribution >= 4 is 5.91 Å². The van der Waals surface area contributed by atoms with E-state index in [2.05, 4.69) is 10.4 Å². The van der Waals surface area contributed by atoms with Crippen LogP contribution in [0.5, 0.6) is 0 Å². The van der Waals surface area contributed by atoms with Gasteiger partial charge in [0.2, 0.25) is 5.91 Å². The number of hydrogen-bond acceptors (Lipinski definition) is 3. The fourth-order valence-electron chi connectivity index (χ4n) is 6.61. The standard InChI is InChI=1S/C21H29N3O2/c25-19-10-17-3-1-2-4-18(17)23-24(19)6-5-22-20(26)21-11-14-7-15(12-21)9-16(8-14)13-21/h10,14-16H,1-9,11-13H2,(H,22,26). The van der Waals surface area contributed by atoms with Crippen LogP contribution in [0.25, 0.3) is 0 Å². The van der Waals surface area contributed by atoms with Crippen LogP contribution >= 0.6 is 0 Å². The molecule has 26 heavy (non-hydrogen) atoms. The third-order valence-corrected chi connectivity index (χ3v) is 7.40. The van der Waals surface area contributed by atoms with Gasteiger partial charge in [-0.15, -0.1) is 0 Å². The molecular weight excluding hydrogens is 326 g/mol. The molecule has 0 atom stereocenters. The molecule has 4 bridgehead atoms. The molecule has 6 rings (SSSR count). The Morgan fingerprint density at radius 3 is 2.46 bits per heavy atom. The third kappa shape index (κ3) is 2.80. The lowest BCUT2D eigenvalue weighted by atomic mass is 9.49. The van der Waals surface area contributed by atoms with Gasteiger partial charge in [-0.2, -0.15) is 5.10 Å². The number of nitrogens with one attached hydrogen (secondary N) is 1. The predicted octanol–water partition coefficient (Wildman–Crippen LogP) is 2.45. The van der Waals surface area contributed by atoms with E-state index in [4.69, 9.17) is 0 Å². The number of fused-ring (bicyclic) bond motifs is 1. The molecule has 1 aromatic heterocycles. The molecule has 5 aliphatic rings. The van der Waals surface area contributed by atoms with Gasteiger partial charge in [-0.1, -0.05) is 0 Å². The quantitative estimate of drug-likeness (QED) is 0.902. The van der Waals surface area contributed by atoms with E-state index < -0.39 is 0 Å². The minimum Gasteiger partial charge on any atom is -0.354 e. The minimum absolute atomic E-state index is 0.0327. The Morgan fingerprint density at radius 1 is 1.12 bits per heavy atom. The van der Waals surface area contributed by atoms with Crippen molar-refractivity contribution in [2.24, 2.45) is 23.2 Å². The van der Waals surface area contributed by atoms with Crippen molar-refractivity contribution in [3.05, 3.63) is 27.7 Å². The maximum absolute atomic E-state index is 13.0. The summed E-state index contributed by atoms with van der Waals surface area (Å²) in [5.74, 6) is 2.56. The number of amides is 1. The van der Waals surface area contributed by atoms with Gasteiger partial charge in [-0.25, -0.2) is 4.68 Å². The molecule has 5 heteroatoms. The molecule has 0 radical (unpaired) electrons. The molecule has 5 nitrogen and oxygen atoms in total. The topological polar surface area (TPSA) is 64.0 Å². The number of hydrogen-bond donors (Lipinski definition) is 1. The Bertz CT molecular complexity index is 747. The Balaban J connectivity index is 1.23. The molecule has 5 aliphatic carbocycles. The number of rotatable bonds is 4. The summed E-state index contributed by atoms with van der Waals surface area (Å²) in [6.45, 7) is 0.983. The molecule has 1 aromatic rings. The number of carbonyl (C=O) groups is 1. The summed E-state index contributed by atoms with van der Waals surface area (Å²) in [5.41, 5.74) is 2.05. The zero-order chi connectivity index (χ0) is 17.7. The van der Waals surface area contributed by atoms with E-state index in [9.17, 15) is 9.59 Å². The van der Waals surface area contributed by atoms with Gasteiger partial charge >= 0.3 is 0 Å². The average molecular weight is 355 g/mol. The van der Waals surface area contributed by atoms with Crippen LogP contribution in [-0.2, 0) is 24.2 Å². The maximum Gasteiger partial charge on any atom is 0.267 e. The van der Waals surface area contributed by atoms with E-state index in [1.54, 1.807) is 10.7 Å². The SMILES string of the molecule is O=C(NCCn1nc2c(cc1=O)CCCC2)C12CC3CC(CC(C3)C1)C2. The van der Waals surface area contributed by atoms with Crippen LogP contribution in [-0.4, -0.2) is 22.2 Å².